The third-order valence-corrected chi connectivity index (χ3v) is 4.69. The van der Waals surface area contributed by atoms with Crippen LogP contribution in [0.4, 0.5) is 5.69 Å². The van der Waals surface area contributed by atoms with E-state index in [0.29, 0.717) is 6.54 Å². The molecule has 1 aromatic heterocycles. The van der Waals surface area contributed by atoms with Gasteiger partial charge in [0.25, 0.3) is 5.56 Å². The van der Waals surface area contributed by atoms with E-state index in [-0.39, 0.29) is 11.6 Å². The highest BCUT2D eigenvalue weighted by atomic mass is 16.1. The maximum absolute atomic E-state index is 12.6. The molecule has 1 unspecified atom stereocenters. The van der Waals surface area contributed by atoms with Crippen LogP contribution in [0, 0.1) is 0 Å². The molecule has 0 spiro atoms. The fourth-order valence-electron chi connectivity index (χ4n) is 3.25. The predicted octanol–water partition coefficient (Wildman–Crippen LogP) is 3.46. The van der Waals surface area contributed by atoms with E-state index in [2.05, 4.69) is 35.3 Å². The average Bonchev–Trinajstić information content (AvgIpc) is 2.63. The zero-order valence-electron chi connectivity index (χ0n) is 15.3. The van der Waals surface area contributed by atoms with Gasteiger partial charge in [-0.25, -0.2) is 0 Å². The van der Waals surface area contributed by atoms with E-state index in [0.717, 1.165) is 16.5 Å². The first kappa shape index (κ1) is 17.2. The highest BCUT2D eigenvalue weighted by molar-refractivity contribution is 5.79. The molecule has 0 amide bonds. The van der Waals surface area contributed by atoms with Crippen LogP contribution in [0.2, 0.25) is 0 Å². The van der Waals surface area contributed by atoms with E-state index in [4.69, 9.17) is 0 Å². The molecule has 1 atom stereocenters. The average molecular weight is 335 g/mol. The molecule has 0 aliphatic rings. The minimum Gasteiger partial charge on any atom is -0.377 e. The van der Waals surface area contributed by atoms with Crippen molar-refractivity contribution in [1.82, 2.24) is 9.88 Å². The third kappa shape index (κ3) is 3.44. The Hall–Kier alpha value is -2.59. The molecule has 0 bridgehead atoms. The maximum Gasteiger partial charge on any atom is 0.255 e. The number of benzene rings is 2. The van der Waals surface area contributed by atoms with Gasteiger partial charge in [0.2, 0.25) is 0 Å². The summed E-state index contributed by atoms with van der Waals surface area (Å²) >= 11 is 0. The van der Waals surface area contributed by atoms with Gasteiger partial charge in [0.15, 0.2) is 0 Å². The molecule has 3 rings (SSSR count). The molecule has 1 heterocycles. The molecule has 0 saturated carbocycles. The number of fused-ring (bicyclic) bond motifs is 1. The first-order valence-corrected chi connectivity index (χ1v) is 8.56. The summed E-state index contributed by atoms with van der Waals surface area (Å²) in [4.78, 5) is 14.7. The van der Waals surface area contributed by atoms with E-state index >= 15 is 0 Å². The number of nitrogens with one attached hydrogen (secondary N) is 1. The lowest BCUT2D eigenvalue weighted by Gasteiger charge is -2.22. The normalized spacial score (nSPS) is 12.3. The van der Waals surface area contributed by atoms with Gasteiger partial charge in [0, 0.05) is 45.0 Å². The Kier molecular flexibility index (Phi) is 4.91. The fraction of sp³-hybridized carbons (Fsp3) is 0.286. The molecule has 0 saturated heterocycles. The first-order valence-electron chi connectivity index (χ1n) is 8.56. The Labute approximate surface area is 148 Å². The summed E-state index contributed by atoms with van der Waals surface area (Å²) in [7, 11) is 5.92. The SMILES string of the molecule is CC(NCc1cc2ccccc2n(C)c1=O)c1ccccc1N(C)C. The fourth-order valence-corrected chi connectivity index (χ4v) is 3.25. The number of para-hydroxylation sites is 2. The van der Waals surface area contributed by atoms with Crippen molar-refractivity contribution in [1.29, 1.82) is 0 Å². The summed E-state index contributed by atoms with van der Waals surface area (Å²) in [5.41, 5.74) is 4.22. The Balaban J connectivity index is 1.86. The van der Waals surface area contributed by atoms with Crippen molar-refractivity contribution in [3.05, 3.63) is 76.1 Å². The highest BCUT2D eigenvalue weighted by Gasteiger charge is 2.13. The predicted molar refractivity (Wildman–Crippen MR) is 105 cm³/mol. The van der Waals surface area contributed by atoms with Gasteiger partial charge < -0.3 is 14.8 Å². The summed E-state index contributed by atoms with van der Waals surface area (Å²) in [6.07, 6.45) is 0. The Morgan fingerprint density at radius 2 is 1.76 bits per heavy atom. The number of pyridine rings is 1. The van der Waals surface area contributed by atoms with E-state index < -0.39 is 0 Å². The Bertz CT molecular complexity index is 943. The Morgan fingerprint density at radius 3 is 2.52 bits per heavy atom. The molecular formula is C21H25N3O. The minimum atomic E-state index is 0.0549. The van der Waals surface area contributed by atoms with Crippen LogP contribution in [-0.4, -0.2) is 18.7 Å². The van der Waals surface area contributed by atoms with Crippen molar-refractivity contribution in [2.45, 2.75) is 19.5 Å². The molecule has 130 valence electrons. The molecule has 4 heteroatoms. The quantitative estimate of drug-likeness (QED) is 0.776. The number of hydrogen-bond acceptors (Lipinski definition) is 3. The van der Waals surface area contributed by atoms with Gasteiger partial charge in [0.05, 0.1) is 5.52 Å². The second-order valence-electron chi connectivity index (χ2n) is 6.65. The highest BCUT2D eigenvalue weighted by Crippen LogP contribution is 2.24. The monoisotopic (exact) mass is 335 g/mol. The van der Waals surface area contributed by atoms with Crippen LogP contribution >= 0.6 is 0 Å². The lowest BCUT2D eigenvalue weighted by Crippen LogP contribution is -2.27. The van der Waals surface area contributed by atoms with Crippen LogP contribution in [0.1, 0.15) is 24.1 Å². The zero-order valence-corrected chi connectivity index (χ0v) is 15.3. The van der Waals surface area contributed by atoms with Crippen LogP contribution in [0.25, 0.3) is 10.9 Å². The second kappa shape index (κ2) is 7.11. The van der Waals surface area contributed by atoms with Crippen LogP contribution in [-0.2, 0) is 13.6 Å². The minimum absolute atomic E-state index is 0.0549. The molecule has 4 nitrogen and oxygen atoms in total. The van der Waals surface area contributed by atoms with E-state index in [1.54, 1.807) is 4.57 Å². The molecule has 0 fully saturated rings. The van der Waals surface area contributed by atoms with Gasteiger partial charge >= 0.3 is 0 Å². The summed E-state index contributed by atoms with van der Waals surface area (Å²) in [5.74, 6) is 0. The topological polar surface area (TPSA) is 37.3 Å². The van der Waals surface area contributed by atoms with Crippen LogP contribution in [0.15, 0.2) is 59.4 Å². The van der Waals surface area contributed by atoms with Gasteiger partial charge in [-0.2, -0.15) is 0 Å². The zero-order chi connectivity index (χ0) is 18.0. The molecule has 0 aliphatic heterocycles. The molecule has 2 aromatic carbocycles. The number of rotatable bonds is 5. The van der Waals surface area contributed by atoms with E-state index in [9.17, 15) is 4.79 Å². The van der Waals surface area contributed by atoms with Gasteiger partial charge in [0.1, 0.15) is 0 Å². The smallest absolute Gasteiger partial charge is 0.255 e. The van der Waals surface area contributed by atoms with Crippen molar-refractivity contribution in [3.8, 4) is 0 Å². The van der Waals surface area contributed by atoms with Crippen molar-refractivity contribution in [3.63, 3.8) is 0 Å². The number of hydrogen-bond donors (Lipinski definition) is 1. The van der Waals surface area contributed by atoms with Gasteiger partial charge in [-0.05, 0) is 36.1 Å². The molecule has 0 radical (unpaired) electrons. The number of aryl methyl sites for hydroxylation is 1. The first-order chi connectivity index (χ1) is 12.0. The number of anilines is 1. The van der Waals surface area contributed by atoms with Gasteiger partial charge in [-0.3, -0.25) is 4.79 Å². The molecular weight excluding hydrogens is 310 g/mol. The molecule has 1 N–H and O–H groups in total. The molecule has 3 aromatic rings. The van der Waals surface area contributed by atoms with Crippen molar-refractivity contribution in [2.75, 3.05) is 19.0 Å². The van der Waals surface area contributed by atoms with Gasteiger partial charge in [-0.15, -0.1) is 0 Å². The van der Waals surface area contributed by atoms with Crippen LogP contribution < -0.4 is 15.8 Å². The summed E-state index contributed by atoms with van der Waals surface area (Å²) < 4.78 is 1.73. The third-order valence-electron chi connectivity index (χ3n) is 4.69. The Morgan fingerprint density at radius 1 is 1.08 bits per heavy atom. The lowest BCUT2D eigenvalue weighted by molar-refractivity contribution is 0.570. The number of nitrogens with zero attached hydrogens (tertiary/aromatic N) is 2. The molecule has 0 aliphatic carbocycles. The van der Waals surface area contributed by atoms with E-state index in [1.807, 2.05) is 57.5 Å². The molecule has 25 heavy (non-hydrogen) atoms. The van der Waals surface area contributed by atoms with Crippen molar-refractivity contribution < 1.29 is 0 Å². The standard InChI is InChI=1S/C21H25N3O/c1-15(18-10-6-8-12-20(18)23(2)3)22-14-17-13-16-9-5-7-11-19(16)24(4)21(17)25/h5-13,15,22H,14H2,1-4H3. The van der Waals surface area contributed by atoms with Crippen molar-refractivity contribution >= 4 is 16.6 Å². The second-order valence-corrected chi connectivity index (χ2v) is 6.65. The summed E-state index contributed by atoms with van der Waals surface area (Å²) in [5, 5.41) is 4.59. The summed E-state index contributed by atoms with van der Waals surface area (Å²) in [6.45, 7) is 2.67. The largest absolute Gasteiger partial charge is 0.377 e. The maximum atomic E-state index is 12.6. The number of aromatic nitrogens is 1. The lowest BCUT2D eigenvalue weighted by atomic mass is 10.0. The van der Waals surface area contributed by atoms with Crippen LogP contribution in [0.3, 0.4) is 0 Å². The van der Waals surface area contributed by atoms with E-state index in [1.165, 1.54) is 11.3 Å². The van der Waals surface area contributed by atoms with Gasteiger partial charge in [-0.1, -0.05) is 36.4 Å². The van der Waals surface area contributed by atoms with Crippen molar-refractivity contribution in [2.24, 2.45) is 7.05 Å². The van der Waals surface area contributed by atoms with Crippen LogP contribution in [0.5, 0.6) is 0 Å². The summed E-state index contributed by atoms with van der Waals surface area (Å²) in [6, 6.07) is 18.5.